The maximum Gasteiger partial charge on any atom is 0.224 e. The summed E-state index contributed by atoms with van der Waals surface area (Å²) >= 11 is 4.89. The molecule has 5 heteroatoms. The first-order valence-corrected chi connectivity index (χ1v) is 7.02. The molecular formula is C16H17N3OS. The Balaban J connectivity index is 1.90. The molecule has 1 aromatic heterocycles. The van der Waals surface area contributed by atoms with E-state index in [2.05, 4.69) is 10.3 Å². The van der Waals surface area contributed by atoms with E-state index in [-0.39, 0.29) is 5.91 Å². The number of carbonyl (C=O) groups excluding carboxylic acids is 1. The topological polar surface area (TPSA) is 68.0 Å². The number of hydrogen-bond donors (Lipinski definition) is 2. The molecule has 0 aliphatic carbocycles. The van der Waals surface area contributed by atoms with Crippen molar-refractivity contribution in [1.82, 2.24) is 10.3 Å². The summed E-state index contributed by atoms with van der Waals surface area (Å²) in [6.45, 7) is 2.49. The smallest absolute Gasteiger partial charge is 0.224 e. The number of amides is 1. The summed E-state index contributed by atoms with van der Waals surface area (Å²) in [5.74, 6) is -0.0265. The van der Waals surface area contributed by atoms with Crippen molar-refractivity contribution in [3.05, 3.63) is 65.0 Å². The van der Waals surface area contributed by atoms with Crippen LogP contribution in [0.3, 0.4) is 0 Å². The molecule has 1 heterocycles. The highest BCUT2D eigenvalue weighted by Gasteiger charge is 2.05. The van der Waals surface area contributed by atoms with Crippen LogP contribution in [0.4, 0.5) is 0 Å². The molecule has 2 aromatic rings. The summed E-state index contributed by atoms with van der Waals surface area (Å²) in [6, 6.07) is 9.31. The Labute approximate surface area is 129 Å². The van der Waals surface area contributed by atoms with E-state index in [0.29, 0.717) is 18.0 Å². The van der Waals surface area contributed by atoms with E-state index < -0.39 is 0 Å². The number of benzene rings is 1. The molecule has 0 saturated heterocycles. The van der Waals surface area contributed by atoms with Crippen LogP contribution in [0.2, 0.25) is 0 Å². The number of carbonyl (C=O) groups is 1. The summed E-state index contributed by atoms with van der Waals surface area (Å²) in [6.07, 6.45) is 3.84. The fourth-order valence-electron chi connectivity index (χ4n) is 1.91. The third-order valence-corrected chi connectivity index (χ3v) is 3.46. The molecule has 4 nitrogen and oxygen atoms in total. The summed E-state index contributed by atoms with van der Waals surface area (Å²) in [4.78, 5) is 16.4. The number of aryl methyl sites for hydroxylation is 1. The summed E-state index contributed by atoms with van der Waals surface area (Å²) < 4.78 is 0. The van der Waals surface area contributed by atoms with E-state index in [4.69, 9.17) is 18.0 Å². The molecule has 3 N–H and O–H groups in total. The van der Waals surface area contributed by atoms with E-state index >= 15 is 0 Å². The first-order chi connectivity index (χ1) is 10.1. The molecule has 0 fully saturated rings. The second kappa shape index (κ2) is 6.95. The number of nitrogens with zero attached hydrogens (tertiary/aromatic N) is 1. The average molecular weight is 299 g/mol. The van der Waals surface area contributed by atoms with Crippen LogP contribution in [0.1, 0.15) is 22.3 Å². The lowest BCUT2D eigenvalue weighted by molar-refractivity contribution is -0.120. The molecule has 0 saturated carbocycles. The predicted octanol–water partition coefficient (Wildman–Crippen LogP) is 1.88. The second-order valence-corrected chi connectivity index (χ2v) is 5.26. The van der Waals surface area contributed by atoms with Gasteiger partial charge in [-0.3, -0.25) is 9.78 Å². The van der Waals surface area contributed by atoms with Crippen molar-refractivity contribution in [2.75, 3.05) is 0 Å². The van der Waals surface area contributed by atoms with Crippen molar-refractivity contribution in [3.63, 3.8) is 0 Å². The van der Waals surface area contributed by atoms with Crippen molar-refractivity contribution in [1.29, 1.82) is 0 Å². The monoisotopic (exact) mass is 299 g/mol. The van der Waals surface area contributed by atoms with Crippen molar-refractivity contribution >= 4 is 23.1 Å². The zero-order chi connectivity index (χ0) is 15.2. The van der Waals surface area contributed by atoms with E-state index in [9.17, 15) is 4.79 Å². The molecule has 1 aromatic carbocycles. The number of pyridine rings is 1. The zero-order valence-corrected chi connectivity index (χ0v) is 12.6. The largest absolute Gasteiger partial charge is 0.389 e. The normalized spacial score (nSPS) is 10.1. The quantitative estimate of drug-likeness (QED) is 0.827. The number of thiocarbonyl (C=S) groups is 1. The Morgan fingerprint density at radius 2 is 2.00 bits per heavy atom. The lowest BCUT2D eigenvalue weighted by Crippen LogP contribution is -2.25. The molecule has 0 spiro atoms. The van der Waals surface area contributed by atoms with E-state index in [0.717, 1.165) is 22.3 Å². The fraction of sp³-hybridized carbons (Fsp3) is 0.188. The van der Waals surface area contributed by atoms with Gasteiger partial charge in [0.05, 0.1) is 6.42 Å². The van der Waals surface area contributed by atoms with Gasteiger partial charge in [0.25, 0.3) is 0 Å². The standard InChI is InChI=1S/C16H17N3OS/c1-11-6-7-18-9-14(11)10-19-15(20)8-12-2-4-13(5-3-12)16(17)21/h2-7,9H,8,10H2,1H3,(H2,17,21)(H,19,20). The SMILES string of the molecule is Cc1ccncc1CNC(=O)Cc1ccc(C(N)=S)cc1. The highest BCUT2D eigenvalue weighted by molar-refractivity contribution is 7.80. The van der Waals surface area contributed by atoms with Crippen LogP contribution in [0, 0.1) is 6.92 Å². The first-order valence-electron chi connectivity index (χ1n) is 6.61. The van der Waals surface area contributed by atoms with Crippen molar-refractivity contribution in [3.8, 4) is 0 Å². The van der Waals surface area contributed by atoms with Gasteiger partial charge in [-0.05, 0) is 29.7 Å². The minimum absolute atomic E-state index is 0.0265. The molecule has 0 radical (unpaired) electrons. The number of rotatable bonds is 5. The zero-order valence-electron chi connectivity index (χ0n) is 11.8. The Morgan fingerprint density at radius 1 is 1.29 bits per heavy atom. The molecule has 2 rings (SSSR count). The van der Waals surface area contributed by atoms with Gasteiger partial charge in [0.2, 0.25) is 5.91 Å². The van der Waals surface area contributed by atoms with Crippen LogP contribution in [0.25, 0.3) is 0 Å². The van der Waals surface area contributed by atoms with Crippen molar-refractivity contribution in [2.45, 2.75) is 19.9 Å². The maximum absolute atomic E-state index is 11.9. The highest BCUT2D eigenvalue weighted by Crippen LogP contribution is 2.07. The number of hydrogen-bond acceptors (Lipinski definition) is 3. The second-order valence-electron chi connectivity index (χ2n) is 4.82. The molecule has 21 heavy (non-hydrogen) atoms. The third kappa shape index (κ3) is 4.36. The lowest BCUT2D eigenvalue weighted by atomic mass is 10.1. The number of nitrogens with one attached hydrogen (secondary N) is 1. The van der Waals surface area contributed by atoms with Crippen molar-refractivity contribution in [2.24, 2.45) is 5.73 Å². The Hall–Kier alpha value is -2.27. The van der Waals surface area contributed by atoms with Crippen molar-refractivity contribution < 1.29 is 4.79 Å². The number of aromatic nitrogens is 1. The molecule has 0 atom stereocenters. The minimum Gasteiger partial charge on any atom is -0.389 e. The number of nitrogens with two attached hydrogens (primary N) is 1. The van der Waals surface area contributed by atoms with Gasteiger partial charge in [0.1, 0.15) is 4.99 Å². The van der Waals surface area contributed by atoms with Crippen LogP contribution >= 0.6 is 12.2 Å². The Kier molecular flexibility index (Phi) is 5.00. The Bertz CT molecular complexity index is 653. The van der Waals surface area contributed by atoms with Gasteiger partial charge in [-0.2, -0.15) is 0 Å². The van der Waals surface area contributed by atoms with Gasteiger partial charge in [-0.25, -0.2) is 0 Å². The van der Waals surface area contributed by atoms with Crippen LogP contribution < -0.4 is 11.1 Å². The molecular weight excluding hydrogens is 282 g/mol. The predicted molar refractivity (Wildman–Crippen MR) is 86.9 cm³/mol. The van der Waals surface area contributed by atoms with Crippen LogP contribution in [0.5, 0.6) is 0 Å². The molecule has 1 amide bonds. The van der Waals surface area contributed by atoms with Crippen LogP contribution in [0.15, 0.2) is 42.7 Å². The third-order valence-electron chi connectivity index (χ3n) is 3.23. The van der Waals surface area contributed by atoms with Gasteiger partial charge in [0, 0.05) is 24.5 Å². The lowest BCUT2D eigenvalue weighted by Gasteiger charge is -2.08. The maximum atomic E-state index is 11.9. The molecule has 0 unspecified atom stereocenters. The molecule has 0 aliphatic heterocycles. The summed E-state index contributed by atoms with van der Waals surface area (Å²) in [7, 11) is 0. The average Bonchev–Trinajstić information content (AvgIpc) is 2.47. The van der Waals surface area contributed by atoms with Crippen LogP contribution in [-0.2, 0) is 17.8 Å². The Morgan fingerprint density at radius 3 is 2.62 bits per heavy atom. The highest BCUT2D eigenvalue weighted by atomic mass is 32.1. The van der Waals surface area contributed by atoms with Crippen LogP contribution in [-0.4, -0.2) is 15.9 Å². The minimum atomic E-state index is -0.0265. The van der Waals surface area contributed by atoms with Gasteiger partial charge >= 0.3 is 0 Å². The fourth-order valence-corrected chi connectivity index (χ4v) is 2.05. The van der Waals surface area contributed by atoms with E-state index in [1.54, 1.807) is 12.4 Å². The summed E-state index contributed by atoms with van der Waals surface area (Å²) in [5, 5.41) is 2.90. The van der Waals surface area contributed by atoms with Gasteiger partial charge in [-0.15, -0.1) is 0 Å². The van der Waals surface area contributed by atoms with Gasteiger partial charge < -0.3 is 11.1 Å². The first kappa shape index (κ1) is 15.1. The van der Waals surface area contributed by atoms with Gasteiger partial charge in [-0.1, -0.05) is 36.5 Å². The van der Waals surface area contributed by atoms with E-state index in [1.165, 1.54) is 0 Å². The van der Waals surface area contributed by atoms with E-state index in [1.807, 2.05) is 37.3 Å². The summed E-state index contributed by atoms with van der Waals surface area (Å²) in [5.41, 5.74) is 9.41. The van der Waals surface area contributed by atoms with Gasteiger partial charge in [0.15, 0.2) is 0 Å². The molecule has 108 valence electrons. The molecule has 0 aliphatic rings. The molecule has 0 bridgehead atoms.